The van der Waals surface area contributed by atoms with Crippen LogP contribution in [0, 0.1) is 12.7 Å². The number of aryl methyl sites for hydroxylation is 1. The smallest absolute Gasteiger partial charge is 0.401 e. The summed E-state index contributed by atoms with van der Waals surface area (Å²) in [7, 11) is -2.32. The lowest BCUT2D eigenvalue weighted by Gasteiger charge is -2.46. The lowest BCUT2D eigenvalue weighted by molar-refractivity contribution is -0.158. The van der Waals surface area contributed by atoms with E-state index in [1.807, 2.05) is 0 Å². The predicted octanol–water partition coefficient (Wildman–Crippen LogP) is 3.69. The van der Waals surface area contributed by atoms with Crippen molar-refractivity contribution < 1.29 is 30.7 Å². The van der Waals surface area contributed by atoms with Crippen LogP contribution in [0.2, 0.25) is 0 Å². The van der Waals surface area contributed by atoms with Crippen LogP contribution >= 0.6 is 0 Å². The second-order valence-corrected chi connectivity index (χ2v) is 11.1. The standard InChI is InChI=1S/C25H27F4N5O3S/c1-14-4-5-15(10-17(14)26)12-33-19-8-7-18(16-6-9-20(37-2)21(11-16)38(3,35)36)32-22(19)23(30)34(24(33)31)13-25(27,28)29/h4-11,23-24H,12-13,30-31H2,1-3H3. The summed E-state index contributed by atoms with van der Waals surface area (Å²) in [5.74, 6) is -0.309. The van der Waals surface area contributed by atoms with Crippen molar-refractivity contribution in [1.82, 2.24) is 9.88 Å². The third-order valence-corrected chi connectivity index (χ3v) is 7.44. The number of hydrogen-bond acceptors (Lipinski definition) is 8. The Morgan fingerprint density at radius 2 is 1.79 bits per heavy atom. The number of nitrogens with zero attached hydrogens (tertiary/aromatic N) is 3. The van der Waals surface area contributed by atoms with Crippen molar-refractivity contribution in [2.24, 2.45) is 11.5 Å². The molecule has 0 amide bonds. The SMILES string of the molecule is COc1ccc(-c2ccc3c(n2)C(N)N(CC(F)(F)F)C(N)N3Cc2ccc(C)c(F)c2)cc1S(C)(=O)=O. The maximum Gasteiger partial charge on any atom is 0.401 e. The summed E-state index contributed by atoms with van der Waals surface area (Å²) in [5, 5.41) is 0. The van der Waals surface area contributed by atoms with Gasteiger partial charge in [-0.3, -0.25) is 5.73 Å². The largest absolute Gasteiger partial charge is 0.495 e. The van der Waals surface area contributed by atoms with E-state index in [0.29, 0.717) is 22.4 Å². The first kappa shape index (κ1) is 27.8. The molecule has 3 aromatic rings. The third-order valence-electron chi connectivity index (χ3n) is 6.32. The van der Waals surface area contributed by atoms with Crippen molar-refractivity contribution in [2.75, 3.05) is 24.8 Å². The molecular weight excluding hydrogens is 526 g/mol. The van der Waals surface area contributed by atoms with Gasteiger partial charge in [0.15, 0.2) is 9.84 Å². The number of alkyl halides is 3. The number of halogens is 4. The Bertz CT molecular complexity index is 1470. The topological polar surface area (TPSA) is 115 Å². The highest BCUT2D eigenvalue weighted by Gasteiger charge is 2.42. The molecule has 4 N–H and O–H groups in total. The zero-order valence-electron chi connectivity index (χ0n) is 20.8. The Morgan fingerprint density at radius 3 is 2.39 bits per heavy atom. The number of aromatic nitrogens is 1. The third kappa shape index (κ3) is 5.60. The van der Waals surface area contributed by atoms with Crippen molar-refractivity contribution in [3.05, 3.63) is 71.2 Å². The van der Waals surface area contributed by atoms with E-state index in [2.05, 4.69) is 4.98 Å². The average molecular weight is 554 g/mol. The van der Waals surface area contributed by atoms with Crippen LogP contribution in [0.15, 0.2) is 53.4 Å². The van der Waals surface area contributed by atoms with Gasteiger partial charge in [0.1, 0.15) is 28.9 Å². The molecule has 0 saturated carbocycles. The van der Waals surface area contributed by atoms with Crippen LogP contribution in [0.5, 0.6) is 5.75 Å². The number of anilines is 1. The van der Waals surface area contributed by atoms with Crippen LogP contribution in [-0.2, 0) is 16.4 Å². The molecule has 0 radical (unpaired) electrons. The fourth-order valence-electron chi connectivity index (χ4n) is 4.37. The average Bonchev–Trinajstić information content (AvgIpc) is 2.84. The molecule has 2 heterocycles. The van der Waals surface area contributed by atoms with E-state index >= 15 is 0 Å². The first-order valence-corrected chi connectivity index (χ1v) is 13.3. The van der Waals surface area contributed by atoms with E-state index in [0.717, 1.165) is 11.2 Å². The number of fused-ring (bicyclic) bond motifs is 1. The Hall–Kier alpha value is -3.26. The van der Waals surface area contributed by atoms with Crippen molar-refractivity contribution in [3.63, 3.8) is 0 Å². The molecule has 4 rings (SSSR count). The minimum atomic E-state index is -4.60. The molecule has 0 fully saturated rings. The van der Waals surface area contributed by atoms with E-state index in [-0.39, 0.29) is 28.6 Å². The van der Waals surface area contributed by atoms with Crippen molar-refractivity contribution >= 4 is 15.5 Å². The first-order valence-electron chi connectivity index (χ1n) is 11.4. The minimum Gasteiger partial charge on any atom is -0.495 e. The maximum absolute atomic E-state index is 14.2. The number of hydrogen-bond donors (Lipinski definition) is 2. The molecule has 2 atom stereocenters. The van der Waals surface area contributed by atoms with Crippen molar-refractivity contribution in [1.29, 1.82) is 0 Å². The first-order chi connectivity index (χ1) is 17.7. The monoisotopic (exact) mass is 553 g/mol. The van der Waals surface area contributed by atoms with Crippen LogP contribution in [-0.4, -0.2) is 50.7 Å². The lowest BCUT2D eigenvalue weighted by atomic mass is 10.1. The summed E-state index contributed by atoms with van der Waals surface area (Å²) in [6.07, 6.45) is -6.17. The van der Waals surface area contributed by atoms with Gasteiger partial charge in [-0.2, -0.15) is 13.2 Å². The number of benzene rings is 2. The van der Waals surface area contributed by atoms with Gasteiger partial charge in [0.25, 0.3) is 0 Å². The molecule has 2 unspecified atom stereocenters. The van der Waals surface area contributed by atoms with E-state index in [9.17, 15) is 26.0 Å². The van der Waals surface area contributed by atoms with Crippen molar-refractivity contribution in [2.45, 2.75) is 37.0 Å². The molecule has 38 heavy (non-hydrogen) atoms. The zero-order valence-corrected chi connectivity index (χ0v) is 21.6. The Kier molecular flexibility index (Phi) is 7.40. The summed E-state index contributed by atoms with van der Waals surface area (Å²) < 4.78 is 84.3. The van der Waals surface area contributed by atoms with Gasteiger partial charge in [0, 0.05) is 18.4 Å². The predicted molar refractivity (Wildman–Crippen MR) is 134 cm³/mol. The van der Waals surface area contributed by atoms with Crippen LogP contribution in [0.4, 0.5) is 23.2 Å². The highest BCUT2D eigenvalue weighted by Crippen LogP contribution is 2.38. The molecule has 8 nitrogen and oxygen atoms in total. The van der Waals surface area contributed by atoms with Gasteiger partial charge >= 0.3 is 6.18 Å². The molecule has 1 aliphatic rings. The number of sulfone groups is 1. The van der Waals surface area contributed by atoms with E-state index < -0.39 is 40.8 Å². The minimum absolute atomic E-state index is 0.00572. The van der Waals surface area contributed by atoms with Gasteiger partial charge in [-0.05, 0) is 54.4 Å². The quantitative estimate of drug-likeness (QED) is 0.445. The molecule has 2 aromatic carbocycles. The number of rotatable bonds is 6. The molecule has 1 aromatic heterocycles. The van der Waals surface area contributed by atoms with Crippen LogP contribution in [0.3, 0.4) is 0 Å². The number of nitrogens with two attached hydrogens (primary N) is 2. The normalized spacial score (nSPS) is 18.4. The molecule has 0 bridgehead atoms. The fraction of sp³-hybridized carbons (Fsp3) is 0.320. The van der Waals surface area contributed by atoms with Gasteiger partial charge in [0.2, 0.25) is 0 Å². The number of ether oxygens (including phenoxy) is 1. The molecule has 0 saturated heterocycles. The zero-order chi connectivity index (χ0) is 28.0. The Balaban J connectivity index is 1.82. The molecular formula is C25H27F4N5O3S. The highest BCUT2D eigenvalue weighted by atomic mass is 32.2. The van der Waals surface area contributed by atoms with Crippen LogP contribution < -0.4 is 21.1 Å². The van der Waals surface area contributed by atoms with E-state index in [1.165, 1.54) is 30.2 Å². The highest BCUT2D eigenvalue weighted by molar-refractivity contribution is 7.90. The summed E-state index contributed by atoms with van der Waals surface area (Å²) in [6, 6.07) is 12.2. The molecule has 204 valence electrons. The molecule has 0 aliphatic carbocycles. The van der Waals surface area contributed by atoms with E-state index in [1.54, 1.807) is 37.3 Å². The summed E-state index contributed by atoms with van der Waals surface area (Å²) in [4.78, 5) is 6.81. The fourth-order valence-corrected chi connectivity index (χ4v) is 5.22. The molecule has 13 heteroatoms. The number of methoxy groups -OCH3 is 1. The van der Waals surface area contributed by atoms with Gasteiger partial charge in [-0.15, -0.1) is 0 Å². The number of pyridine rings is 1. The van der Waals surface area contributed by atoms with Crippen LogP contribution in [0.25, 0.3) is 11.3 Å². The van der Waals surface area contributed by atoms with Crippen LogP contribution in [0.1, 0.15) is 23.0 Å². The second kappa shape index (κ2) is 10.1. The van der Waals surface area contributed by atoms with Gasteiger partial charge < -0.3 is 15.4 Å². The van der Waals surface area contributed by atoms with Crippen molar-refractivity contribution in [3.8, 4) is 17.0 Å². The van der Waals surface area contributed by atoms with Gasteiger partial charge in [-0.1, -0.05) is 12.1 Å². The summed E-state index contributed by atoms with van der Waals surface area (Å²) in [5.41, 5.74) is 14.6. The summed E-state index contributed by atoms with van der Waals surface area (Å²) in [6.45, 7) is 0.194. The maximum atomic E-state index is 14.2. The molecule has 0 spiro atoms. The second-order valence-electron chi connectivity index (χ2n) is 9.10. The Labute approximate surface area is 217 Å². The summed E-state index contributed by atoms with van der Waals surface area (Å²) >= 11 is 0. The van der Waals surface area contributed by atoms with Gasteiger partial charge in [0.05, 0.1) is 30.7 Å². The van der Waals surface area contributed by atoms with Gasteiger partial charge in [-0.25, -0.2) is 22.7 Å². The van der Waals surface area contributed by atoms with E-state index in [4.69, 9.17) is 16.2 Å². The Morgan fingerprint density at radius 1 is 1.08 bits per heavy atom. The lowest BCUT2D eigenvalue weighted by Crippen LogP contribution is -2.62. The molecule has 1 aliphatic heterocycles.